The highest BCUT2D eigenvalue weighted by molar-refractivity contribution is 6.00. The molecule has 148 valence electrons. The normalized spacial score (nSPS) is 12.4. The summed E-state index contributed by atoms with van der Waals surface area (Å²) in [5, 5.41) is 4.11. The van der Waals surface area contributed by atoms with Crippen molar-refractivity contribution in [3.63, 3.8) is 0 Å². The Morgan fingerprint density at radius 1 is 1.03 bits per heavy atom. The number of nitrogens with zero attached hydrogens (tertiary/aromatic N) is 1. The van der Waals surface area contributed by atoms with E-state index in [4.69, 9.17) is 9.72 Å². The number of para-hydroxylation sites is 1. The number of aryl methyl sites for hydroxylation is 1. The van der Waals surface area contributed by atoms with E-state index in [1.54, 1.807) is 0 Å². The van der Waals surface area contributed by atoms with Crippen LogP contribution in [0, 0.1) is 6.92 Å². The quantitative estimate of drug-likeness (QED) is 0.509. The number of hydrogen-bond acceptors (Lipinski definition) is 3. The van der Waals surface area contributed by atoms with Gasteiger partial charge in [0.25, 0.3) is 0 Å². The number of anilines is 1. The van der Waals surface area contributed by atoms with Crippen molar-refractivity contribution in [3.8, 4) is 16.9 Å². The predicted molar refractivity (Wildman–Crippen MR) is 120 cm³/mol. The largest absolute Gasteiger partial charge is 0.493 e. The predicted octanol–water partition coefficient (Wildman–Crippen LogP) is 5.33. The zero-order chi connectivity index (χ0) is 20.5. The maximum absolute atomic E-state index is 13.0. The molecule has 1 aliphatic heterocycles. The average Bonchev–Trinajstić information content (AvgIpc) is 3.23. The Hall–Kier alpha value is -3.66. The van der Waals surface area contributed by atoms with Gasteiger partial charge in [-0.05, 0) is 53.4 Å². The molecule has 0 unspecified atom stereocenters. The second-order valence-electron chi connectivity index (χ2n) is 7.58. The summed E-state index contributed by atoms with van der Waals surface area (Å²) in [6.45, 7) is 2.68. The molecule has 0 bridgehead atoms. The summed E-state index contributed by atoms with van der Waals surface area (Å²) in [6.07, 6.45) is 1.15. The fourth-order valence-corrected chi connectivity index (χ4v) is 4.16. The number of carbonyl (C=O) groups excluding carboxylic acids is 1. The van der Waals surface area contributed by atoms with E-state index in [0.29, 0.717) is 6.61 Å². The molecule has 0 aliphatic carbocycles. The van der Waals surface area contributed by atoms with Crippen molar-refractivity contribution < 1.29 is 9.53 Å². The molecule has 3 aromatic carbocycles. The highest BCUT2D eigenvalue weighted by Gasteiger charge is 2.18. The molecule has 0 saturated carbocycles. The van der Waals surface area contributed by atoms with Crippen LogP contribution in [0.15, 0.2) is 72.8 Å². The van der Waals surface area contributed by atoms with Crippen LogP contribution < -0.4 is 10.1 Å². The van der Waals surface area contributed by atoms with E-state index in [9.17, 15) is 4.79 Å². The molecule has 1 aliphatic rings. The lowest BCUT2D eigenvalue weighted by Crippen LogP contribution is -2.16. The monoisotopic (exact) mass is 394 g/mol. The summed E-state index contributed by atoms with van der Waals surface area (Å²) in [5.74, 6) is 0.861. The second kappa shape index (κ2) is 7.64. The molecule has 1 N–H and O–H groups in total. The van der Waals surface area contributed by atoms with Crippen LogP contribution in [0.1, 0.15) is 16.8 Å². The number of rotatable bonds is 4. The van der Waals surface area contributed by atoms with E-state index in [2.05, 4.69) is 23.5 Å². The van der Waals surface area contributed by atoms with Crippen LogP contribution in [0.25, 0.3) is 22.0 Å². The number of amides is 1. The van der Waals surface area contributed by atoms with E-state index < -0.39 is 0 Å². The lowest BCUT2D eigenvalue weighted by Gasteiger charge is -2.16. The fraction of sp³-hybridized carbons (Fsp3) is 0.154. The molecule has 5 rings (SSSR count). The topological polar surface area (TPSA) is 51.2 Å². The van der Waals surface area contributed by atoms with Crippen LogP contribution in [-0.4, -0.2) is 17.5 Å². The summed E-state index contributed by atoms with van der Waals surface area (Å²) in [7, 11) is 0. The van der Waals surface area contributed by atoms with E-state index in [1.807, 2.05) is 61.5 Å². The first kappa shape index (κ1) is 18.4. The van der Waals surface area contributed by atoms with Gasteiger partial charge in [-0.3, -0.25) is 9.78 Å². The summed E-state index contributed by atoms with van der Waals surface area (Å²) >= 11 is 0. The van der Waals surface area contributed by atoms with Gasteiger partial charge in [-0.2, -0.15) is 0 Å². The van der Waals surface area contributed by atoms with Gasteiger partial charge >= 0.3 is 0 Å². The zero-order valence-corrected chi connectivity index (χ0v) is 16.8. The van der Waals surface area contributed by atoms with Crippen LogP contribution in [0.2, 0.25) is 0 Å². The minimum absolute atomic E-state index is 0.0498. The Bertz CT molecular complexity index is 1250. The van der Waals surface area contributed by atoms with Gasteiger partial charge in [-0.1, -0.05) is 48.5 Å². The maximum atomic E-state index is 13.0. The minimum Gasteiger partial charge on any atom is -0.493 e. The van der Waals surface area contributed by atoms with Gasteiger partial charge in [-0.25, -0.2) is 0 Å². The molecule has 1 aromatic heterocycles. The molecule has 30 heavy (non-hydrogen) atoms. The van der Waals surface area contributed by atoms with Gasteiger partial charge in [-0.15, -0.1) is 0 Å². The zero-order valence-electron chi connectivity index (χ0n) is 16.8. The number of ether oxygens (including phenoxy) is 1. The SMILES string of the molecule is Cc1nc2ccccc2c(-c2ccccc2)c1CC(=O)Nc1ccc2c(c1)CCO2. The third-order valence-corrected chi connectivity index (χ3v) is 5.57. The van der Waals surface area contributed by atoms with Crippen LogP contribution >= 0.6 is 0 Å². The molecule has 4 heteroatoms. The summed E-state index contributed by atoms with van der Waals surface area (Å²) < 4.78 is 5.55. The van der Waals surface area contributed by atoms with Crippen LogP contribution in [0.3, 0.4) is 0 Å². The molecular formula is C26H22N2O2. The van der Waals surface area contributed by atoms with Crippen molar-refractivity contribution in [1.82, 2.24) is 4.98 Å². The standard InChI is InChI=1S/C26H22N2O2/c1-17-22(16-25(29)28-20-11-12-24-19(15-20)13-14-30-24)26(18-7-3-2-4-8-18)21-9-5-6-10-23(21)27-17/h2-12,15H,13-14,16H2,1H3,(H,28,29). The highest BCUT2D eigenvalue weighted by Crippen LogP contribution is 2.33. The lowest BCUT2D eigenvalue weighted by molar-refractivity contribution is -0.115. The Kier molecular flexibility index (Phi) is 4.68. The molecular weight excluding hydrogens is 372 g/mol. The van der Waals surface area contributed by atoms with Gasteiger partial charge in [0, 0.05) is 23.2 Å². The number of carbonyl (C=O) groups is 1. The van der Waals surface area contributed by atoms with E-state index in [1.165, 1.54) is 0 Å². The molecule has 0 saturated heterocycles. The molecule has 2 heterocycles. The van der Waals surface area contributed by atoms with Crippen molar-refractivity contribution in [2.45, 2.75) is 19.8 Å². The molecule has 0 spiro atoms. The van der Waals surface area contributed by atoms with Crippen molar-refractivity contribution in [2.75, 3.05) is 11.9 Å². The second-order valence-corrected chi connectivity index (χ2v) is 7.58. The Morgan fingerprint density at radius 3 is 2.70 bits per heavy atom. The van der Waals surface area contributed by atoms with Crippen LogP contribution in [0.5, 0.6) is 5.75 Å². The van der Waals surface area contributed by atoms with Crippen molar-refractivity contribution in [2.24, 2.45) is 0 Å². The lowest BCUT2D eigenvalue weighted by atomic mass is 9.92. The molecule has 0 radical (unpaired) electrons. The summed E-state index contributed by atoms with van der Waals surface area (Å²) in [4.78, 5) is 17.8. The van der Waals surface area contributed by atoms with Gasteiger partial charge in [0.05, 0.1) is 18.5 Å². The van der Waals surface area contributed by atoms with Crippen LogP contribution in [-0.2, 0) is 17.6 Å². The summed E-state index contributed by atoms with van der Waals surface area (Å²) in [6, 6.07) is 24.2. The minimum atomic E-state index is -0.0498. The highest BCUT2D eigenvalue weighted by atomic mass is 16.5. The smallest absolute Gasteiger partial charge is 0.228 e. The Labute approximate surface area is 175 Å². The van der Waals surface area contributed by atoms with Gasteiger partial charge in [0.15, 0.2) is 0 Å². The van der Waals surface area contributed by atoms with Gasteiger partial charge in [0.2, 0.25) is 5.91 Å². The number of nitrogens with one attached hydrogen (secondary N) is 1. The van der Waals surface area contributed by atoms with Crippen molar-refractivity contribution >= 4 is 22.5 Å². The first-order valence-electron chi connectivity index (χ1n) is 10.2. The Balaban J connectivity index is 1.52. The van der Waals surface area contributed by atoms with Gasteiger partial charge in [0.1, 0.15) is 5.75 Å². The first-order valence-corrected chi connectivity index (χ1v) is 10.2. The van der Waals surface area contributed by atoms with E-state index in [0.717, 1.165) is 56.7 Å². The van der Waals surface area contributed by atoms with E-state index in [-0.39, 0.29) is 12.3 Å². The first-order chi connectivity index (χ1) is 14.7. The van der Waals surface area contributed by atoms with Crippen molar-refractivity contribution in [1.29, 1.82) is 0 Å². The maximum Gasteiger partial charge on any atom is 0.228 e. The third kappa shape index (κ3) is 3.41. The summed E-state index contributed by atoms with van der Waals surface area (Å²) in [5.41, 5.74) is 6.90. The molecule has 4 nitrogen and oxygen atoms in total. The number of fused-ring (bicyclic) bond motifs is 2. The third-order valence-electron chi connectivity index (χ3n) is 5.57. The fourth-order valence-electron chi connectivity index (χ4n) is 4.16. The number of pyridine rings is 1. The van der Waals surface area contributed by atoms with E-state index >= 15 is 0 Å². The number of aromatic nitrogens is 1. The van der Waals surface area contributed by atoms with Crippen molar-refractivity contribution in [3.05, 3.63) is 89.6 Å². The molecule has 4 aromatic rings. The molecule has 0 atom stereocenters. The van der Waals surface area contributed by atoms with Gasteiger partial charge < -0.3 is 10.1 Å². The molecule has 1 amide bonds. The molecule has 0 fully saturated rings. The number of hydrogen-bond donors (Lipinski definition) is 1. The Morgan fingerprint density at radius 2 is 1.83 bits per heavy atom. The number of benzene rings is 3. The average molecular weight is 394 g/mol. The van der Waals surface area contributed by atoms with Crippen LogP contribution in [0.4, 0.5) is 5.69 Å².